The summed E-state index contributed by atoms with van der Waals surface area (Å²) in [5, 5.41) is 0. The van der Waals surface area contributed by atoms with Crippen molar-refractivity contribution in [2.75, 3.05) is 5.88 Å². The molecule has 0 fully saturated rings. The molecule has 1 nitrogen and oxygen atoms in total. The van der Waals surface area contributed by atoms with Crippen molar-refractivity contribution in [3.05, 3.63) is 63.9 Å². The molecule has 0 saturated heterocycles. The van der Waals surface area contributed by atoms with Gasteiger partial charge in [-0.15, -0.1) is 11.6 Å². The zero-order chi connectivity index (χ0) is 13.7. The normalized spacial score (nSPS) is 12.4. The van der Waals surface area contributed by atoms with Gasteiger partial charge in [-0.2, -0.15) is 0 Å². The highest BCUT2D eigenvalue weighted by atomic mass is 79.9. The molecule has 100 valence electrons. The van der Waals surface area contributed by atoms with Crippen molar-refractivity contribution in [3.63, 3.8) is 0 Å². The number of alkyl halides is 1. The van der Waals surface area contributed by atoms with Crippen molar-refractivity contribution in [2.24, 2.45) is 5.92 Å². The van der Waals surface area contributed by atoms with Crippen molar-refractivity contribution < 1.29 is 0 Å². The summed E-state index contributed by atoms with van der Waals surface area (Å²) in [6, 6.07) is 12.6. The summed E-state index contributed by atoms with van der Waals surface area (Å²) in [7, 11) is 0. The minimum Gasteiger partial charge on any atom is -0.260 e. The van der Waals surface area contributed by atoms with E-state index < -0.39 is 0 Å². The molecule has 3 heteroatoms. The number of nitrogens with zero attached hydrogens (tertiary/aromatic N) is 1. The lowest BCUT2D eigenvalue weighted by molar-refractivity contribution is 0.574. The Morgan fingerprint density at radius 1 is 1.16 bits per heavy atom. The quantitative estimate of drug-likeness (QED) is 0.714. The van der Waals surface area contributed by atoms with Crippen LogP contribution in [-0.2, 0) is 12.8 Å². The van der Waals surface area contributed by atoms with Gasteiger partial charge in [0, 0.05) is 22.2 Å². The lowest BCUT2D eigenvalue weighted by Crippen LogP contribution is -2.11. The molecule has 1 atom stereocenters. The van der Waals surface area contributed by atoms with Crippen LogP contribution in [0.3, 0.4) is 0 Å². The number of aromatic nitrogens is 1. The molecule has 0 amide bonds. The number of hydrogen-bond acceptors (Lipinski definition) is 1. The van der Waals surface area contributed by atoms with E-state index in [-0.39, 0.29) is 0 Å². The van der Waals surface area contributed by atoms with Crippen LogP contribution < -0.4 is 0 Å². The van der Waals surface area contributed by atoms with Crippen molar-refractivity contribution >= 4 is 27.5 Å². The van der Waals surface area contributed by atoms with E-state index in [9.17, 15) is 0 Å². The Balaban J connectivity index is 2.05. The smallest absolute Gasteiger partial charge is 0.0413 e. The molecule has 2 aromatic rings. The van der Waals surface area contributed by atoms with Crippen LogP contribution >= 0.6 is 27.5 Å². The molecule has 0 aliphatic rings. The molecule has 1 heterocycles. The van der Waals surface area contributed by atoms with Crippen molar-refractivity contribution in [1.29, 1.82) is 0 Å². The fourth-order valence-corrected chi connectivity index (χ4v) is 2.61. The molecule has 1 aromatic carbocycles. The van der Waals surface area contributed by atoms with E-state index in [2.05, 4.69) is 58.2 Å². The molecule has 0 aliphatic heterocycles. The topological polar surface area (TPSA) is 12.9 Å². The predicted octanol–water partition coefficient (Wildman–Crippen LogP) is 4.79. The standard InChI is InChI=1S/C16H17BrClN/c1-12-4-2-3-5-14(12)8-13(10-18)9-16-7-6-15(17)11-19-16/h2-7,11,13H,8-10H2,1H3. The fraction of sp³-hybridized carbons (Fsp3) is 0.312. The number of hydrogen-bond donors (Lipinski definition) is 0. The Kier molecular flexibility index (Phi) is 5.41. The maximum atomic E-state index is 6.11. The van der Waals surface area contributed by atoms with Gasteiger partial charge in [0.05, 0.1) is 0 Å². The number of pyridine rings is 1. The molecule has 0 N–H and O–H groups in total. The van der Waals surface area contributed by atoms with Gasteiger partial charge in [-0.1, -0.05) is 24.3 Å². The van der Waals surface area contributed by atoms with Crippen molar-refractivity contribution in [1.82, 2.24) is 4.98 Å². The number of benzene rings is 1. The van der Waals surface area contributed by atoms with E-state index >= 15 is 0 Å². The second kappa shape index (κ2) is 7.06. The van der Waals surface area contributed by atoms with Gasteiger partial charge in [0.1, 0.15) is 0 Å². The highest BCUT2D eigenvalue weighted by molar-refractivity contribution is 9.10. The van der Waals surface area contributed by atoms with Crippen molar-refractivity contribution in [2.45, 2.75) is 19.8 Å². The van der Waals surface area contributed by atoms with E-state index in [1.807, 2.05) is 12.3 Å². The van der Waals surface area contributed by atoms with Gasteiger partial charge in [0.25, 0.3) is 0 Å². The third-order valence-electron chi connectivity index (χ3n) is 3.27. The van der Waals surface area contributed by atoms with Crippen LogP contribution in [-0.4, -0.2) is 10.9 Å². The van der Waals surface area contributed by atoms with Gasteiger partial charge in [0.15, 0.2) is 0 Å². The number of aryl methyl sites for hydroxylation is 1. The van der Waals surface area contributed by atoms with Gasteiger partial charge in [-0.05, 0) is 64.9 Å². The summed E-state index contributed by atoms with van der Waals surface area (Å²) in [4.78, 5) is 4.42. The molecule has 0 spiro atoms. The SMILES string of the molecule is Cc1ccccc1CC(CCl)Cc1ccc(Br)cn1. The Labute approximate surface area is 128 Å². The Morgan fingerprint density at radius 2 is 1.95 bits per heavy atom. The summed E-state index contributed by atoms with van der Waals surface area (Å²) < 4.78 is 1.01. The molecule has 19 heavy (non-hydrogen) atoms. The molecular weight excluding hydrogens is 322 g/mol. The Morgan fingerprint density at radius 3 is 2.58 bits per heavy atom. The number of halogens is 2. The molecule has 0 aliphatic carbocycles. The Bertz CT molecular complexity index is 525. The molecule has 1 unspecified atom stereocenters. The van der Waals surface area contributed by atoms with Gasteiger partial charge < -0.3 is 0 Å². The highest BCUT2D eigenvalue weighted by Crippen LogP contribution is 2.18. The first-order valence-electron chi connectivity index (χ1n) is 6.40. The summed E-state index contributed by atoms with van der Waals surface area (Å²) >= 11 is 9.52. The predicted molar refractivity (Wildman–Crippen MR) is 84.7 cm³/mol. The molecular formula is C16H17BrClN. The maximum Gasteiger partial charge on any atom is 0.0413 e. The van der Waals surface area contributed by atoms with E-state index in [4.69, 9.17) is 11.6 Å². The van der Waals surface area contributed by atoms with E-state index in [1.54, 1.807) is 0 Å². The summed E-state index contributed by atoms with van der Waals surface area (Å²) in [6.07, 6.45) is 3.77. The first kappa shape index (κ1) is 14.5. The zero-order valence-electron chi connectivity index (χ0n) is 10.9. The lowest BCUT2D eigenvalue weighted by Gasteiger charge is -2.15. The second-order valence-corrected chi connectivity index (χ2v) is 6.05. The van der Waals surface area contributed by atoms with Gasteiger partial charge >= 0.3 is 0 Å². The van der Waals surface area contributed by atoms with Gasteiger partial charge in [0.2, 0.25) is 0 Å². The van der Waals surface area contributed by atoms with Crippen LogP contribution in [0, 0.1) is 12.8 Å². The average Bonchev–Trinajstić information content (AvgIpc) is 2.43. The highest BCUT2D eigenvalue weighted by Gasteiger charge is 2.11. The minimum atomic E-state index is 0.427. The summed E-state index contributed by atoms with van der Waals surface area (Å²) in [5.41, 5.74) is 3.81. The number of rotatable bonds is 5. The first-order chi connectivity index (χ1) is 9.19. The Hall–Kier alpha value is -0.860. The maximum absolute atomic E-state index is 6.11. The van der Waals surface area contributed by atoms with Gasteiger partial charge in [-0.25, -0.2) is 0 Å². The third-order valence-corrected chi connectivity index (χ3v) is 4.18. The largest absolute Gasteiger partial charge is 0.260 e. The summed E-state index contributed by atoms with van der Waals surface area (Å²) in [6.45, 7) is 2.15. The minimum absolute atomic E-state index is 0.427. The zero-order valence-corrected chi connectivity index (χ0v) is 13.3. The van der Waals surface area contributed by atoms with E-state index in [1.165, 1.54) is 11.1 Å². The summed E-state index contributed by atoms with van der Waals surface area (Å²) in [5.74, 6) is 1.09. The van der Waals surface area contributed by atoms with E-state index in [0.29, 0.717) is 11.8 Å². The van der Waals surface area contributed by atoms with Crippen LogP contribution in [0.1, 0.15) is 16.8 Å². The third kappa shape index (κ3) is 4.32. The molecule has 0 bridgehead atoms. The van der Waals surface area contributed by atoms with Gasteiger partial charge in [-0.3, -0.25) is 4.98 Å². The van der Waals surface area contributed by atoms with Crippen LogP contribution in [0.25, 0.3) is 0 Å². The van der Waals surface area contributed by atoms with Crippen LogP contribution in [0.2, 0.25) is 0 Å². The molecule has 0 radical (unpaired) electrons. The van der Waals surface area contributed by atoms with Crippen molar-refractivity contribution in [3.8, 4) is 0 Å². The molecule has 2 rings (SSSR count). The van der Waals surface area contributed by atoms with E-state index in [0.717, 1.165) is 23.0 Å². The molecule has 0 saturated carbocycles. The van der Waals surface area contributed by atoms with Crippen LogP contribution in [0.15, 0.2) is 47.1 Å². The second-order valence-electron chi connectivity index (χ2n) is 4.82. The lowest BCUT2D eigenvalue weighted by atomic mass is 9.94. The first-order valence-corrected chi connectivity index (χ1v) is 7.72. The van der Waals surface area contributed by atoms with Crippen LogP contribution in [0.4, 0.5) is 0 Å². The van der Waals surface area contributed by atoms with Crippen LogP contribution in [0.5, 0.6) is 0 Å². The average molecular weight is 339 g/mol. The fourth-order valence-electron chi connectivity index (χ4n) is 2.15. The molecule has 1 aromatic heterocycles. The monoisotopic (exact) mass is 337 g/mol.